The van der Waals surface area contributed by atoms with Gasteiger partial charge in [0.15, 0.2) is 6.10 Å². The summed E-state index contributed by atoms with van der Waals surface area (Å²) in [7, 11) is 1.61. The van der Waals surface area contributed by atoms with Gasteiger partial charge in [-0.2, -0.15) is 0 Å². The number of rotatable bonds is 7. The number of hydrogen-bond acceptors (Lipinski definition) is 5. The summed E-state index contributed by atoms with van der Waals surface area (Å²) in [4.78, 5) is 11.7. The molecular formula is C22H22O5. The molecule has 5 heteroatoms. The number of esters is 1. The van der Waals surface area contributed by atoms with Crippen molar-refractivity contribution in [1.82, 2.24) is 0 Å². The molecule has 27 heavy (non-hydrogen) atoms. The third kappa shape index (κ3) is 4.04. The molecule has 5 nitrogen and oxygen atoms in total. The van der Waals surface area contributed by atoms with Gasteiger partial charge in [-0.3, -0.25) is 0 Å². The molecule has 0 fully saturated rings. The van der Waals surface area contributed by atoms with Crippen LogP contribution in [0.25, 0.3) is 21.5 Å². The minimum atomic E-state index is -0.783. The molecule has 3 aromatic rings. The van der Waals surface area contributed by atoms with Crippen molar-refractivity contribution in [2.45, 2.75) is 13.0 Å². The Morgan fingerprint density at radius 3 is 2.56 bits per heavy atom. The zero-order chi connectivity index (χ0) is 19.4. The predicted molar refractivity (Wildman–Crippen MR) is 105 cm³/mol. The molecule has 0 aliphatic carbocycles. The summed E-state index contributed by atoms with van der Waals surface area (Å²) in [6, 6.07) is 15.7. The Hall–Kier alpha value is -3.05. The average molecular weight is 366 g/mol. The summed E-state index contributed by atoms with van der Waals surface area (Å²) >= 11 is 0. The van der Waals surface area contributed by atoms with Crippen LogP contribution >= 0.6 is 0 Å². The maximum absolute atomic E-state index is 11.7. The van der Waals surface area contributed by atoms with Crippen molar-refractivity contribution in [3.8, 4) is 11.5 Å². The second-order valence-corrected chi connectivity index (χ2v) is 6.32. The van der Waals surface area contributed by atoms with Crippen molar-refractivity contribution in [1.29, 1.82) is 0 Å². The first-order valence-corrected chi connectivity index (χ1v) is 8.63. The number of carbonyl (C=O) groups is 1. The monoisotopic (exact) mass is 366 g/mol. The molecule has 0 radical (unpaired) electrons. The standard InChI is InChI=1S/C22H22O5/c1-14(2)22(24)27-18(12-23)13-26-21-19-7-5-4-6-15(19)10-16-8-9-17(25-3)11-20(16)21/h4-11,18,23H,1,12-13H2,2-3H3. The molecule has 1 N–H and O–H groups in total. The highest BCUT2D eigenvalue weighted by Gasteiger charge is 2.17. The smallest absolute Gasteiger partial charge is 0.333 e. The Morgan fingerprint density at radius 2 is 1.85 bits per heavy atom. The molecule has 0 aliphatic rings. The molecule has 0 aromatic heterocycles. The summed E-state index contributed by atoms with van der Waals surface area (Å²) in [5.41, 5.74) is 0.272. The first-order valence-electron chi connectivity index (χ1n) is 8.63. The summed E-state index contributed by atoms with van der Waals surface area (Å²) in [6.07, 6.45) is -0.783. The van der Waals surface area contributed by atoms with Crippen LogP contribution in [0.1, 0.15) is 6.92 Å². The molecule has 0 spiro atoms. The van der Waals surface area contributed by atoms with E-state index >= 15 is 0 Å². The normalized spacial score (nSPS) is 12.0. The van der Waals surface area contributed by atoms with Crippen LogP contribution in [0.15, 0.2) is 60.7 Å². The Bertz CT molecular complexity index is 993. The summed E-state index contributed by atoms with van der Waals surface area (Å²) < 4.78 is 16.6. The topological polar surface area (TPSA) is 65.0 Å². The van der Waals surface area contributed by atoms with E-state index < -0.39 is 12.1 Å². The molecule has 140 valence electrons. The third-order valence-electron chi connectivity index (χ3n) is 4.26. The molecule has 1 atom stereocenters. The fraction of sp³-hybridized carbons (Fsp3) is 0.227. The van der Waals surface area contributed by atoms with Crippen LogP contribution in [0.2, 0.25) is 0 Å². The SMILES string of the molecule is C=C(C)C(=O)OC(CO)COc1c2ccccc2cc2ccc(OC)cc12. The molecule has 1 unspecified atom stereocenters. The van der Waals surface area contributed by atoms with Gasteiger partial charge in [0, 0.05) is 16.3 Å². The van der Waals surface area contributed by atoms with Gasteiger partial charge in [-0.25, -0.2) is 4.79 Å². The Labute approximate surface area is 157 Å². The van der Waals surface area contributed by atoms with Gasteiger partial charge in [0.05, 0.1) is 13.7 Å². The molecule has 0 amide bonds. The highest BCUT2D eigenvalue weighted by atomic mass is 16.6. The highest BCUT2D eigenvalue weighted by Crippen LogP contribution is 2.36. The van der Waals surface area contributed by atoms with E-state index in [1.165, 1.54) is 0 Å². The second-order valence-electron chi connectivity index (χ2n) is 6.32. The van der Waals surface area contributed by atoms with Gasteiger partial charge < -0.3 is 19.3 Å². The van der Waals surface area contributed by atoms with E-state index in [0.717, 1.165) is 27.3 Å². The van der Waals surface area contributed by atoms with Gasteiger partial charge in [0.2, 0.25) is 0 Å². The van der Waals surface area contributed by atoms with Gasteiger partial charge in [-0.15, -0.1) is 0 Å². The van der Waals surface area contributed by atoms with Gasteiger partial charge in [0.25, 0.3) is 0 Å². The number of methoxy groups -OCH3 is 1. The lowest BCUT2D eigenvalue weighted by Gasteiger charge is -2.19. The molecule has 0 aliphatic heterocycles. The number of fused-ring (bicyclic) bond motifs is 2. The van der Waals surface area contributed by atoms with Crippen LogP contribution in [0.3, 0.4) is 0 Å². The van der Waals surface area contributed by atoms with Crippen molar-refractivity contribution in [2.75, 3.05) is 20.3 Å². The van der Waals surface area contributed by atoms with Crippen LogP contribution in [-0.4, -0.2) is 37.5 Å². The number of carbonyl (C=O) groups excluding carboxylic acids is 1. The van der Waals surface area contributed by atoms with E-state index in [2.05, 4.69) is 12.6 Å². The number of benzene rings is 3. The lowest BCUT2D eigenvalue weighted by molar-refractivity contribution is -0.147. The van der Waals surface area contributed by atoms with Crippen LogP contribution in [0.4, 0.5) is 0 Å². The van der Waals surface area contributed by atoms with E-state index in [4.69, 9.17) is 14.2 Å². The fourth-order valence-corrected chi connectivity index (χ4v) is 2.83. The number of ether oxygens (including phenoxy) is 3. The van der Waals surface area contributed by atoms with Crippen molar-refractivity contribution in [3.63, 3.8) is 0 Å². The molecule has 0 heterocycles. The minimum Gasteiger partial charge on any atom is -0.497 e. The Balaban J connectivity index is 1.99. The zero-order valence-electron chi connectivity index (χ0n) is 15.4. The largest absolute Gasteiger partial charge is 0.497 e. The summed E-state index contributed by atoms with van der Waals surface area (Å²) in [5, 5.41) is 13.4. The molecule has 3 rings (SSSR count). The third-order valence-corrected chi connectivity index (χ3v) is 4.26. The van der Waals surface area contributed by atoms with Crippen molar-refractivity contribution >= 4 is 27.5 Å². The number of aliphatic hydroxyl groups is 1. The Kier molecular flexibility index (Phi) is 5.62. The first-order chi connectivity index (χ1) is 13.0. The van der Waals surface area contributed by atoms with Gasteiger partial charge in [-0.1, -0.05) is 36.9 Å². The average Bonchev–Trinajstić information content (AvgIpc) is 2.69. The van der Waals surface area contributed by atoms with Gasteiger partial charge >= 0.3 is 5.97 Å². The van der Waals surface area contributed by atoms with E-state index in [0.29, 0.717) is 5.75 Å². The minimum absolute atomic E-state index is 0.0236. The molecule has 3 aromatic carbocycles. The van der Waals surface area contributed by atoms with Crippen LogP contribution < -0.4 is 9.47 Å². The fourth-order valence-electron chi connectivity index (χ4n) is 2.83. The summed E-state index contributed by atoms with van der Waals surface area (Å²) in [5.74, 6) is 0.823. The maximum Gasteiger partial charge on any atom is 0.333 e. The van der Waals surface area contributed by atoms with E-state index in [9.17, 15) is 9.90 Å². The van der Waals surface area contributed by atoms with Crippen LogP contribution in [-0.2, 0) is 9.53 Å². The van der Waals surface area contributed by atoms with E-state index in [-0.39, 0.29) is 18.8 Å². The lowest BCUT2D eigenvalue weighted by Crippen LogP contribution is -2.28. The van der Waals surface area contributed by atoms with E-state index in [1.54, 1.807) is 14.0 Å². The van der Waals surface area contributed by atoms with Crippen LogP contribution in [0.5, 0.6) is 11.5 Å². The maximum atomic E-state index is 11.7. The quantitative estimate of drug-likeness (QED) is 0.391. The van der Waals surface area contributed by atoms with Crippen molar-refractivity contribution < 1.29 is 24.1 Å². The first kappa shape index (κ1) is 18.7. The summed E-state index contributed by atoms with van der Waals surface area (Å²) in [6.45, 7) is 4.79. The second kappa shape index (κ2) is 8.10. The van der Waals surface area contributed by atoms with E-state index in [1.807, 2.05) is 42.5 Å². The molecular weight excluding hydrogens is 344 g/mol. The predicted octanol–water partition coefficient (Wildman–Crippen LogP) is 3.86. The highest BCUT2D eigenvalue weighted by molar-refractivity contribution is 6.05. The molecule has 0 bridgehead atoms. The van der Waals surface area contributed by atoms with Crippen molar-refractivity contribution in [3.05, 3.63) is 60.7 Å². The van der Waals surface area contributed by atoms with Crippen LogP contribution in [0, 0.1) is 0 Å². The van der Waals surface area contributed by atoms with Gasteiger partial charge in [0.1, 0.15) is 18.1 Å². The van der Waals surface area contributed by atoms with Crippen molar-refractivity contribution in [2.24, 2.45) is 0 Å². The molecule has 0 saturated heterocycles. The van der Waals surface area contributed by atoms with Gasteiger partial charge in [-0.05, 0) is 35.9 Å². The Morgan fingerprint density at radius 1 is 1.11 bits per heavy atom. The number of hydrogen-bond donors (Lipinski definition) is 1. The lowest BCUT2D eigenvalue weighted by atomic mass is 10.0. The zero-order valence-corrected chi connectivity index (χ0v) is 15.4. The molecule has 0 saturated carbocycles. The number of aliphatic hydroxyl groups excluding tert-OH is 1.